The van der Waals surface area contributed by atoms with Crippen molar-refractivity contribution in [3.63, 3.8) is 0 Å². The van der Waals surface area contributed by atoms with Crippen molar-refractivity contribution in [2.75, 3.05) is 7.11 Å². The molecule has 2 rings (SSSR count). The van der Waals surface area contributed by atoms with Gasteiger partial charge in [0.1, 0.15) is 0 Å². The van der Waals surface area contributed by atoms with Crippen LogP contribution in [-0.2, 0) is 4.74 Å². The van der Waals surface area contributed by atoms with E-state index in [1.165, 1.54) is 13.2 Å². The molecule has 0 fully saturated rings. The Morgan fingerprint density at radius 2 is 1.87 bits per heavy atom. The molecule has 116 valence electrons. The highest BCUT2D eigenvalue weighted by atomic mass is 16.5. The number of carbonyl (C=O) groups is 2. The molecular weight excluding hydrogens is 296 g/mol. The molecule has 1 N–H and O–H groups in total. The van der Waals surface area contributed by atoms with Crippen molar-refractivity contribution in [3.05, 3.63) is 52.3 Å². The lowest BCUT2D eigenvalue weighted by Gasteiger charge is -2.16. The minimum absolute atomic E-state index is 0.0777. The standard InChI is InChI=1S/C17H14N2O4/c1-9-13(16(20)21)15(12-6-4-5-11(7-12)8-18)14(10(2)19-9)17(22)23-3/h4-7H,1-3H3,(H,20,21). The van der Waals surface area contributed by atoms with Crippen LogP contribution >= 0.6 is 0 Å². The second-order valence-corrected chi connectivity index (χ2v) is 4.90. The maximum Gasteiger partial charge on any atom is 0.340 e. The molecule has 1 aromatic heterocycles. The summed E-state index contributed by atoms with van der Waals surface area (Å²) in [6, 6.07) is 8.41. The van der Waals surface area contributed by atoms with E-state index in [0.717, 1.165) is 0 Å². The van der Waals surface area contributed by atoms with Crippen molar-refractivity contribution >= 4 is 11.9 Å². The van der Waals surface area contributed by atoms with Crippen molar-refractivity contribution < 1.29 is 19.4 Å². The Hall–Kier alpha value is -3.20. The van der Waals surface area contributed by atoms with Crippen molar-refractivity contribution in [1.82, 2.24) is 4.98 Å². The number of nitrogens with zero attached hydrogens (tertiary/aromatic N) is 2. The monoisotopic (exact) mass is 310 g/mol. The Kier molecular flexibility index (Phi) is 4.42. The number of nitriles is 1. The second-order valence-electron chi connectivity index (χ2n) is 4.90. The van der Waals surface area contributed by atoms with Gasteiger partial charge in [0.15, 0.2) is 0 Å². The maximum absolute atomic E-state index is 12.1. The molecule has 23 heavy (non-hydrogen) atoms. The number of aryl methyl sites for hydroxylation is 2. The lowest BCUT2D eigenvalue weighted by atomic mass is 9.91. The van der Waals surface area contributed by atoms with Gasteiger partial charge in [-0.2, -0.15) is 5.26 Å². The molecule has 1 aromatic carbocycles. The number of ether oxygens (including phenoxy) is 1. The first-order chi connectivity index (χ1) is 10.9. The van der Waals surface area contributed by atoms with E-state index in [2.05, 4.69) is 4.98 Å². The second kappa shape index (κ2) is 6.28. The summed E-state index contributed by atoms with van der Waals surface area (Å²) in [5.41, 5.74) is 1.71. The van der Waals surface area contributed by atoms with Crippen LogP contribution in [0.25, 0.3) is 11.1 Å². The van der Waals surface area contributed by atoms with Crippen LogP contribution in [0.4, 0.5) is 0 Å². The molecule has 6 nitrogen and oxygen atoms in total. The number of methoxy groups -OCH3 is 1. The lowest BCUT2D eigenvalue weighted by molar-refractivity contribution is 0.0600. The molecule has 0 radical (unpaired) electrons. The maximum atomic E-state index is 12.1. The van der Waals surface area contributed by atoms with Gasteiger partial charge in [0.2, 0.25) is 0 Å². The van der Waals surface area contributed by atoms with Gasteiger partial charge in [-0.3, -0.25) is 4.98 Å². The molecule has 0 bridgehead atoms. The first-order valence-corrected chi connectivity index (χ1v) is 6.74. The van der Waals surface area contributed by atoms with Crippen LogP contribution in [0, 0.1) is 25.2 Å². The van der Waals surface area contributed by atoms with E-state index in [1.54, 1.807) is 32.0 Å². The topological polar surface area (TPSA) is 100 Å². The van der Waals surface area contributed by atoms with E-state index in [9.17, 15) is 14.7 Å². The summed E-state index contributed by atoms with van der Waals surface area (Å²) in [5.74, 6) is -1.87. The first kappa shape index (κ1) is 16.2. The van der Waals surface area contributed by atoms with Crippen molar-refractivity contribution in [1.29, 1.82) is 5.26 Å². The van der Waals surface area contributed by atoms with Gasteiger partial charge < -0.3 is 9.84 Å². The number of aromatic nitrogens is 1. The number of carboxylic acids is 1. The minimum atomic E-state index is -1.20. The minimum Gasteiger partial charge on any atom is -0.478 e. The Balaban J connectivity index is 2.95. The molecular formula is C17H14N2O4. The highest BCUT2D eigenvalue weighted by molar-refractivity contribution is 6.06. The summed E-state index contributed by atoms with van der Waals surface area (Å²) in [6.45, 7) is 3.18. The number of hydrogen-bond donors (Lipinski definition) is 1. The Labute approximate surface area is 133 Å². The number of pyridine rings is 1. The molecule has 6 heteroatoms. The molecule has 0 atom stereocenters. The van der Waals surface area contributed by atoms with Gasteiger partial charge in [0.25, 0.3) is 0 Å². The highest BCUT2D eigenvalue weighted by Gasteiger charge is 2.26. The van der Waals surface area contributed by atoms with Crippen LogP contribution in [0.15, 0.2) is 24.3 Å². The van der Waals surface area contributed by atoms with Crippen LogP contribution in [0.1, 0.15) is 37.7 Å². The number of carbonyl (C=O) groups excluding carboxylic acids is 1. The van der Waals surface area contributed by atoms with Gasteiger partial charge in [0.05, 0.1) is 41.3 Å². The van der Waals surface area contributed by atoms with Gasteiger partial charge in [-0.05, 0) is 31.5 Å². The number of esters is 1. The molecule has 0 saturated carbocycles. The summed E-state index contributed by atoms with van der Waals surface area (Å²) < 4.78 is 4.77. The third kappa shape index (κ3) is 2.90. The molecule has 0 saturated heterocycles. The third-order valence-corrected chi connectivity index (χ3v) is 3.44. The number of benzene rings is 1. The predicted molar refractivity (Wildman–Crippen MR) is 82.2 cm³/mol. The fraction of sp³-hybridized carbons (Fsp3) is 0.176. The van der Waals surface area contributed by atoms with Gasteiger partial charge in [-0.15, -0.1) is 0 Å². The normalized spacial score (nSPS) is 10.0. The summed E-state index contributed by atoms with van der Waals surface area (Å²) in [4.78, 5) is 28.0. The summed E-state index contributed by atoms with van der Waals surface area (Å²) in [5, 5.41) is 18.6. The molecule has 2 aromatic rings. The van der Waals surface area contributed by atoms with Crippen molar-refractivity contribution in [2.24, 2.45) is 0 Å². The Morgan fingerprint density at radius 1 is 1.22 bits per heavy atom. The molecule has 0 unspecified atom stereocenters. The van der Waals surface area contributed by atoms with Crippen LogP contribution in [0.2, 0.25) is 0 Å². The lowest BCUT2D eigenvalue weighted by Crippen LogP contribution is -2.15. The fourth-order valence-corrected chi connectivity index (χ4v) is 2.50. The quantitative estimate of drug-likeness (QED) is 0.875. The smallest absolute Gasteiger partial charge is 0.340 e. The van der Waals surface area contributed by atoms with Gasteiger partial charge in [0, 0.05) is 5.56 Å². The van der Waals surface area contributed by atoms with Gasteiger partial charge >= 0.3 is 11.9 Å². The molecule has 0 aliphatic carbocycles. The average Bonchev–Trinajstić information content (AvgIpc) is 2.53. The summed E-state index contributed by atoms with van der Waals surface area (Å²) in [6.07, 6.45) is 0. The fourth-order valence-electron chi connectivity index (χ4n) is 2.50. The molecule has 0 spiro atoms. The predicted octanol–water partition coefficient (Wildman–Crippen LogP) is 2.72. The number of hydrogen-bond acceptors (Lipinski definition) is 5. The average molecular weight is 310 g/mol. The number of aromatic carboxylic acids is 1. The zero-order valence-corrected chi connectivity index (χ0v) is 12.9. The van der Waals surface area contributed by atoms with E-state index < -0.39 is 11.9 Å². The van der Waals surface area contributed by atoms with E-state index in [4.69, 9.17) is 10.00 Å². The Bertz CT molecular complexity index is 850. The van der Waals surface area contributed by atoms with Gasteiger partial charge in [-0.25, -0.2) is 9.59 Å². The zero-order valence-electron chi connectivity index (χ0n) is 12.9. The van der Waals surface area contributed by atoms with Crippen LogP contribution in [0.5, 0.6) is 0 Å². The zero-order chi connectivity index (χ0) is 17.1. The molecule has 0 aliphatic rings. The molecule has 0 aliphatic heterocycles. The van der Waals surface area contributed by atoms with Crippen molar-refractivity contribution in [3.8, 4) is 17.2 Å². The van der Waals surface area contributed by atoms with E-state index in [-0.39, 0.29) is 16.7 Å². The van der Waals surface area contributed by atoms with E-state index in [1.807, 2.05) is 6.07 Å². The van der Waals surface area contributed by atoms with Crippen LogP contribution in [-0.4, -0.2) is 29.1 Å². The van der Waals surface area contributed by atoms with E-state index in [0.29, 0.717) is 22.5 Å². The van der Waals surface area contributed by atoms with Crippen molar-refractivity contribution in [2.45, 2.75) is 13.8 Å². The van der Waals surface area contributed by atoms with Crippen LogP contribution < -0.4 is 0 Å². The summed E-state index contributed by atoms with van der Waals surface area (Å²) in [7, 11) is 1.22. The largest absolute Gasteiger partial charge is 0.478 e. The highest BCUT2D eigenvalue weighted by Crippen LogP contribution is 2.32. The molecule has 1 heterocycles. The van der Waals surface area contributed by atoms with Crippen LogP contribution in [0.3, 0.4) is 0 Å². The van der Waals surface area contributed by atoms with Gasteiger partial charge in [-0.1, -0.05) is 12.1 Å². The Morgan fingerprint density at radius 3 is 2.43 bits per heavy atom. The molecule has 0 amide bonds. The SMILES string of the molecule is COC(=O)c1c(C)nc(C)c(C(=O)O)c1-c1cccc(C#N)c1. The first-order valence-electron chi connectivity index (χ1n) is 6.74. The summed E-state index contributed by atoms with van der Waals surface area (Å²) >= 11 is 0. The third-order valence-electron chi connectivity index (χ3n) is 3.44. The number of carboxylic acid groups (broad SMARTS) is 1. The van der Waals surface area contributed by atoms with E-state index >= 15 is 0 Å². The number of rotatable bonds is 3.